The average molecular weight is 371 g/mol. The van der Waals surface area contributed by atoms with E-state index in [0.717, 1.165) is 5.56 Å². The molecule has 0 radical (unpaired) electrons. The number of hydrogen-bond donors (Lipinski definition) is 3. The van der Waals surface area contributed by atoms with Gasteiger partial charge in [0.25, 0.3) is 0 Å². The van der Waals surface area contributed by atoms with Gasteiger partial charge in [0, 0.05) is 18.5 Å². The van der Waals surface area contributed by atoms with Crippen LogP contribution < -0.4 is 5.32 Å². The number of carboxylic acid groups (broad SMARTS) is 1. The molecular formula is C17H26NO6P. The summed E-state index contributed by atoms with van der Waals surface area (Å²) >= 11 is 0. The summed E-state index contributed by atoms with van der Waals surface area (Å²) in [6, 6.07) is 7.06. The van der Waals surface area contributed by atoms with Crippen molar-refractivity contribution in [1.29, 1.82) is 0 Å². The summed E-state index contributed by atoms with van der Waals surface area (Å²) in [7, 11) is -3.66. The Morgan fingerprint density at radius 2 is 1.76 bits per heavy atom. The SMILES string of the molecule is CC(C)(C)P(=O)(O)OCCc1ccc(NC(=O)CCCC(=O)O)cc1. The highest BCUT2D eigenvalue weighted by molar-refractivity contribution is 7.54. The summed E-state index contributed by atoms with van der Waals surface area (Å²) in [6.45, 7) is 5.09. The number of aliphatic carboxylic acids is 1. The van der Waals surface area contributed by atoms with Gasteiger partial charge < -0.3 is 19.8 Å². The van der Waals surface area contributed by atoms with E-state index in [9.17, 15) is 19.0 Å². The van der Waals surface area contributed by atoms with Gasteiger partial charge in [-0.25, -0.2) is 0 Å². The molecule has 1 amide bonds. The lowest BCUT2D eigenvalue weighted by atomic mass is 10.1. The Hall–Kier alpha value is -1.69. The van der Waals surface area contributed by atoms with E-state index in [-0.39, 0.29) is 25.4 Å². The molecule has 7 nitrogen and oxygen atoms in total. The zero-order valence-electron chi connectivity index (χ0n) is 14.8. The lowest BCUT2D eigenvalue weighted by molar-refractivity contribution is -0.137. The summed E-state index contributed by atoms with van der Waals surface area (Å²) < 4.78 is 17.1. The molecule has 1 rings (SSSR count). The van der Waals surface area contributed by atoms with E-state index in [2.05, 4.69) is 5.32 Å². The standard InChI is InChI=1S/C17H26NO6P/c1-17(2,3)25(22,23)24-12-11-13-7-9-14(10-8-13)18-15(19)5-4-6-16(20)21/h7-10H,4-6,11-12H2,1-3H3,(H,18,19)(H,20,21)(H,22,23). The van der Waals surface area contributed by atoms with Crippen molar-refractivity contribution in [3.05, 3.63) is 29.8 Å². The number of amides is 1. The number of carbonyl (C=O) groups excluding carboxylic acids is 1. The molecular weight excluding hydrogens is 345 g/mol. The van der Waals surface area contributed by atoms with E-state index >= 15 is 0 Å². The Balaban J connectivity index is 2.42. The third-order valence-corrected chi connectivity index (χ3v) is 5.76. The third kappa shape index (κ3) is 7.82. The van der Waals surface area contributed by atoms with E-state index in [1.165, 1.54) is 0 Å². The van der Waals surface area contributed by atoms with Gasteiger partial charge in [0.05, 0.1) is 11.8 Å². The molecule has 1 aromatic carbocycles. The van der Waals surface area contributed by atoms with Crippen LogP contribution in [0.5, 0.6) is 0 Å². The first-order chi connectivity index (χ1) is 11.5. The Labute approximate surface area is 147 Å². The number of rotatable bonds is 9. The second-order valence-electron chi connectivity index (χ2n) is 6.77. The fraction of sp³-hybridized carbons (Fsp3) is 0.529. The summed E-state index contributed by atoms with van der Waals surface area (Å²) in [5.41, 5.74) is 1.53. The zero-order valence-corrected chi connectivity index (χ0v) is 15.7. The quantitative estimate of drug-likeness (QED) is 0.573. The molecule has 0 aromatic heterocycles. The van der Waals surface area contributed by atoms with Crippen molar-refractivity contribution in [3.63, 3.8) is 0 Å². The van der Waals surface area contributed by atoms with Crippen molar-refractivity contribution in [3.8, 4) is 0 Å². The predicted octanol–water partition coefficient (Wildman–Crippen LogP) is 3.42. The molecule has 25 heavy (non-hydrogen) atoms. The average Bonchev–Trinajstić information content (AvgIpc) is 2.47. The molecule has 0 saturated carbocycles. The summed E-state index contributed by atoms with van der Waals surface area (Å²) in [6.07, 6.45) is 0.898. The third-order valence-electron chi connectivity index (χ3n) is 3.54. The smallest absolute Gasteiger partial charge is 0.333 e. The second kappa shape index (κ2) is 9.13. The molecule has 1 atom stereocenters. The van der Waals surface area contributed by atoms with Crippen molar-refractivity contribution < 1.29 is 28.7 Å². The van der Waals surface area contributed by atoms with Crippen LogP contribution in [0.15, 0.2) is 24.3 Å². The fourth-order valence-electron chi connectivity index (χ4n) is 1.86. The first kappa shape index (κ1) is 21.4. The Morgan fingerprint density at radius 1 is 1.16 bits per heavy atom. The minimum Gasteiger partial charge on any atom is -0.481 e. The van der Waals surface area contributed by atoms with Gasteiger partial charge in [-0.05, 0) is 51.3 Å². The summed E-state index contributed by atoms with van der Waals surface area (Å²) in [5, 5.41) is 10.4. The van der Waals surface area contributed by atoms with E-state index in [4.69, 9.17) is 9.63 Å². The molecule has 3 N–H and O–H groups in total. The molecule has 0 fully saturated rings. The van der Waals surface area contributed by atoms with Gasteiger partial charge in [-0.2, -0.15) is 0 Å². The monoisotopic (exact) mass is 371 g/mol. The van der Waals surface area contributed by atoms with Crippen molar-refractivity contribution in [2.24, 2.45) is 0 Å². The number of carbonyl (C=O) groups is 2. The van der Waals surface area contributed by atoms with Crippen LogP contribution in [0.4, 0.5) is 5.69 Å². The molecule has 0 aliphatic carbocycles. The number of hydrogen-bond acceptors (Lipinski definition) is 4. The highest BCUT2D eigenvalue weighted by atomic mass is 31.2. The largest absolute Gasteiger partial charge is 0.481 e. The highest BCUT2D eigenvalue weighted by Gasteiger charge is 2.35. The topological polar surface area (TPSA) is 113 Å². The lowest BCUT2D eigenvalue weighted by Crippen LogP contribution is -2.17. The molecule has 140 valence electrons. The van der Waals surface area contributed by atoms with Gasteiger partial charge in [-0.15, -0.1) is 0 Å². The molecule has 0 aliphatic heterocycles. The number of nitrogens with one attached hydrogen (secondary N) is 1. The van der Waals surface area contributed by atoms with Gasteiger partial charge in [0.1, 0.15) is 0 Å². The molecule has 0 spiro atoms. The van der Waals surface area contributed by atoms with Crippen LogP contribution in [0.2, 0.25) is 0 Å². The molecule has 0 bridgehead atoms. The van der Waals surface area contributed by atoms with Crippen LogP contribution in [-0.2, 0) is 25.1 Å². The first-order valence-electron chi connectivity index (χ1n) is 8.09. The van der Waals surface area contributed by atoms with Gasteiger partial charge >= 0.3 is 13.6 Å². The maximum Gasteiger partial charge on any atom is 0.333 e. The summed E-state index contributed by atoms with van der Waals surface area (Å²) in [4.78, 5) is 31.9. The van der Waals surface area contributed by atoms with Gasteiger partial charge in [-0.3, -0.25) is 14.2 Å². The molecule has 0 heterocycles. The van der Waals surface area contributed by atoms with Crippen LogP contribution in [0.25, 0.3) is 0 Å². The van der Waals surface area contributed by atoms with Crippen LogP contribution in [0.3, 0.4) is 0 Å². The number of anilines is 1. The molecule has 0 saturated heterocycles. The molecule has 1 unspecified atom stereocenters. The molecule has 8 heteroatoms. The number of carboxylic acids is 1. The zero-order chi connectivity index (χ0) is 19.1. The lowest BCUT2D eigenvalue weighted by Gasteiger charge is -2.25. The second-order valence-corrected chi connectivity index (χ2v) is 9.41. The van der Waals surface area contributed by atoms with Crippen molar-refractivity contribution >= 4 is 25.2 Å². The number of benzene rings is 1. The van der Waals surface area contributed by atoms with E-state index < -0.39 is 18.7 Å². The van der Waals surface area contributed by atoms with Crippen molar-refractivity contribution in [2.45, 2.75) is 51.6 Å². The van der Waals surface area contributed by atoms with Crippen LogP contribution in [-0.4, -0.2) is 33.6 Å². The minimum atomic E-state index is -3.66. The van der Waals surface area contributed by atoms with E-state index in [1.807, 2.05) is 0 Å². The van der Waals surface area contributed by atoms with Crippen LogP contribution in [0, 0.1) is 0 Å². The predicted molar refractivity (Wildman–Crippen MR) is 95.8 cm³/mol. The van der Waals surface area contributed by atoms with Gasteiger partial charge in [0.15, 0.2) is 0 Å². The van der Waals surface area contributed by atoms with Gasteiger partial charge in [0.2, 0.25) is 5.91 Å². The molecule has 1 aromatic rings. The minimum absolute atomic E-state index is 0.0321. The first-order valence-corrected chi connectivity index (χ1v) is 9.67. The van der Waals surface area contributed by atoms with Crippen LogP contribution >= 0.6 is 7.60 Å². The fourth-order valence-corrected chi connectivity index (χ4v) is 2.59. The Morgan fingerprint density at radius 3 is 2.28 bits per heavy atom. The Bertz CT molecular complexity index is 636. The maximum absolute atomic E-state index is 12.0. The Kier molecular flexibility index (Phi) is 7.80. The summed E-state index contributed by atoms with van der Waals surface area (Å²) in [5.74, 6) is -1.15. The van der Waals surface area contributed by atoms with Crippen molar-refractivity contribution in [2.75, 3.05) is 11.9 Å². The van der Waals surface area contributed by atoms with E-state index in [1.54, 1.807) is 45.0 Å². The van der Waals surface area contributed by atoms with Crippen LogP contribution in [0.1, 0.15) is 45.6 Å². The van der Waals surface area contributed by atoms with Gasteiger partial charge in [-0.1, -0.05) is 12.1 Å². The van der Waals surface area contributed by atoms with E-state index in [0.29, 0.717) is 18.5 Å². The molecule has 0 aliphatic rings. The van der Waals surface area contributed by atoms with Crippen molar-refractivity contribution in [1.82, 2.24) is 0 Å². The highest BCUT2D eigenvalue weighted by Crippen LogP contribution is 2.54. The normalized spacial score (nSPS) is 13.9. The maximum atomic E-state index is 12.0.